The van der Waals surface area contributed by atoms with Gasteiger partial charge in [0.25, 0.3) is 0 Å². The van der Waals surface area contributed by atoms with E-state index in [1.54, 1.807) is 12.1 Å². The predicted molar refractivity (Wildman–Crippen MR) is 105 cm³/mol. The highest BCUT2D eigenvalue weighted by atomic mass is 35.5. The van der Waals surface area contributed by atoms with Crippen LogP contribution in [0.25, 0.3) is 0 Å². The number of amides is 1. The Morgan fingerprint density at radius 3 is 2.58 bits per heavy atom. The van der Waals surface area contributed by atoms with E-state index in [1.807, 2.05) is 32.0 Å². The van der Waals surface area contributed by atoms with Crippen molar-refractivity contribution in [2.75, 3.05) is 18.4 Å². The van der Waals surface area contributed by atoms with Gasteiger partial charge in [0.1, 0.15) is 5.82 Å². The van der Waals surface area contributed by atoms with Crippen LogP contribution < -0.4 is 11.1 Å². The maximum atomic E-state index is 13.9. The van der Waals surface area contributed by atoms with Crippen molar-refractivity contribution in [3.63, 3.8) is 0 Å². The van der Waals surface area contributed by atoms with Crippen molar-refractivity contribution in [1.82, 2.24) is 4.90 Å². The van der Waals surface area contributed by atoms with Crippen LogP contribution in [0.4, 0.5) is 10.1 Å². The van der Waals surface area contributed by atoms with Gasteiger partial charge in [0.15, 0.2) is 0 Å². The second kappa shape index (κ2) is 8.62. The highest BCUT2D eigenvalue weighted by Crippen LogP contribution is 2.28. The first kappa shape index (κ1) is 20.4. The van der Waals surface area contributed by atoms with Gasteiger partial charge in [-0.2, -0.15) is 0 Å². The zero-order valence-corrected chi connectivity index (χ0v) is 15.8. The quantitative estimate of drug-likeness (QED) is 0.859. The highest BCUT2D eigenvalue weighted by molar-refractivity contribution is 5.94. The lowest BCUT2D eigenvalue weighted by Gasteiger charge is -2.23. The summed E-state index contributed by atoms with van der Waals surface area (Å²) in [5, 5.41) is 2.69. The van der Waals surface area contributed by atoms with E-state index >= 15 is 0 Å². The van der Waals surface area contributed by atoms with Crippen molar-refractivity contribution < 1.29 is 9.18 Å². The summed E-state index contributed by atoms with van der Waals surface area (Å²) in [6, 6.07) is 14.5. The maximum Gasteiger partial charge on any atom is 0.241 e. The van der Waals surface area contributed by atoms with Crippen LogP contribution in [0.1, 0.15) is 24.0 Å². The second-order valence-electron chi connectivity index (χ2n) is 6.78. The molecular weight excluding hydrogens is 353 g/mol. The number of carbonyl (C=O) groups is 1. The summed E-state index contributed by atoms with van der Waals surface area (Å²) in [6.45, 7) is 5.01. The van der Waals surface area contributed by atoms with Crippen LogP contribution in [0.5, 0.6) is 0 Å². The third-order valence-electron chi connectivity index (χ3n) is 4.93. The van der Waals surface area contributed by atoms with Gasteiger partial charge in [0.2, 0.25) is 5.91 Å². The molecule has 140 valence electrons. The molecule has 1 saturated heterocycles. The molecule has 6 heteroatoms. The predicted octanol–water partition coefficient (Wildman–Crippen LogP) is 3.31. The van der Waals surface area contributed by atoms with E-state index in [0.717, 1.165) is 12.1 Å². The first-order valence-electron chi connectivity index (χ1n) is 8.57. The minimum absolute atomic E-state index is 0. The number of hydrogen-bond acceptors (Lipinski definition) is 3. The zero-order chi connectivity index (χ0) is 18.0. The van der Waals surface area contributed by atoms with E-state index in [2.05, 4.69) is 22.3 Å². The smallest absolute Gasteiger partial charge is 0.241 e. The first-order valence-corrected chi connectivity index (χ1v) is 8.57. The summed E-state index contributed by atoms with van der Waals surface area (Å²) >= 11 is 0. The molecule has 0 bridgehead atoms. The Labute approximate surface area is 160 Å². The number of nitrogens with zero attached hydrogens (tertiary/aromatic N) is 1. The number of hydrogen-bond donors (Lipinski definition) is 2. The van der Waals surface area contributed by atoms with E-state index in [-0.39, 0.29) is 42.0 Å². The molecule has 3 N–H and O–H groups in total. The van der Waals surface area contributed by atoms with E-state index in [4.69, 9.17) is 5.73 Å². The molecule has 3 rings (SSSR count). The molecule has 0 spiro atoms. The molecule has 2 aromatic rings. The van der Waals surface area contributed by atoms with Crippen molar-refractivity contribution in [3.8, 4) is 0 Å². The molecule has 0 aromatic heterocycles. The summed E-state index contributed by atoms with van der Waals surface area (Å²) in [5.74, 6) is -0.433. The topological polar surface area (TPSA) is 58.4 Å². The lowest BCUT2D eigenvalue weighted by atomic mass is 9.95. The van der Waals surface area contributed by atoms with E-state index in [1.165, 1.54) is 11.6 Å². The molecule has 2 aromatic carbocycles. The van der Waals surface area contributed by atoms with Crippen LogP contribution in [0.3, 0.4) is 0 Å². The van der Waals surface area contributed by atoms with Crippen molar-refractivity contribution in [2.45, 2.75) is 31.8 Å². The zero-order valence-electron chi connectivity index (χ0n) is 15.0. The normalized spacial score (nSPS) is 21.1. The summed E-state index contributed by atoms with van der Waals surface area (Å²) in [4.78, 5) is 14.6. The SMILES string of the molecule is Cc1ccc(NC(=O)C(C)N2C[C@@H](N)[C@H](c3ccccc3)C2)c(F)c1.Cl. The number of likely N-dealkylation sites (tertiary alicyclic amines) is 1. The number of rotatable bonds is 4. The minimum Gasteiger partial charge on any atom is -0.326 e. The fourth-order valence-electron chi connectivity index (χ4n) is 3.35. The molecule has 1 amide bonds. The fourth-order valence-corrected chi connectivity index (χ4v) is 3.35. The minimum atomic E-state index is -0.416. The van der Waals surface area contributed by atoms with Crippen LogP contribution in [0.15, 0.2) is 48.5 Å². The average molecular weight is 378 g/mol. The molecule has 3 atom stereocenters. The van der Waals surface area contributed by atoms with Gasteiger partial charge in [-0.1, -0.05) is 36.4 Å². The summed E-state index contributed by atoms with van der Waals surface area (Å²) in [5.41, 5.74) is 8.52. The van der Waals surface area contributed by atoms with Crippen LogP contribution >= 0.6 is 12.4 Å². The van der Waals surface area contributed by atoms with Gasteiger partial charge in [-0.3, -0.25) is 9.69 Å². The van der Waals surface area contributed by atoms with Crippen LogP contribution in [0, 0.1) is 12.7 Å². The molecule has 1 aliphatic rings. The van der Waals surface area contributed by atoms with Gasteiger partial charge >= 0.3 is 0 Å². The van der Waals surface area contributed by atoms with Crippen molar-refractivity contribution in [1.29, 1.82) is 0 Å². The molecule has 26 heavy (non-hydrogen) atoms. The van der Waals surface area contributed by atoms with Gasteiger partial charge in [-0.25, -0.2) is 4.39 Å². The summed E-state index contributed by atoms with van der Waals surface area (Å²) < 4.78 is 13.9. The molecule has 0 saturated carbocycles. The number of carbonyl (C=O) groups excluding carboxylic acids is 1. The van der Waals surface area contributed by atoms with Crippen LogP contribution in [-0.4, -0.2) is 36.0 Å². The standard InChI is InChI=1S/C20H24FN3O.ClH/c1-13-8-9-19(17(21)10-13)23-20(25)14(2)24-11-16(18(22)12-24)15-6-4-3-5-7-15;/h3-10,14,16,18H,11-12,22H2,1-2H3,(H,23,25);1H/t14?,16-,18+;/m0./s1. The van der Waals surface area contributed by atoms with Gasteiger partial charge in [-0.15, -0.1) is 12.4 Å². The molecular formula is C20H25ClFN3O. The summed E-state index contributed by atoms with van der Waals surface area (Å²) in [7, 11) is 0. The first-order chi connectivity index (χ1) is 12.0. The number of halogens is 2. The van der Waals surface area contributed by atoms with Crippen molar-refractivity contribution in [3.05, 3.63) is 65.5 Å². The Morgan fingerprint density at radius 2 is 1.92 bits per heavy atom. The van der Waals surface area contributed by atoms with Gasteiger partial charge in [0.05, 0.1) is 11.7 Å². The monoisotopic (exact) mass is 377 g/mol. The van der Waals surface area contributed by atoms with E-state index < -0.39 is 5.82 Å². The molecule has 0 radical (unpaired) electrons. The third-order valence-corrected chi connectivity index (χ3v) is 4.93. The van der Waals surface area contributed by atoms with Crippen LogP contribution in [0.2, 0.25) is 0 Å². The van der Waals surface area contributed by atoms with Crippen molar-refractivity contribution >= 4 is 24.0 Å². The lowest BCUT2D eigenvalue weighted by molar-refractivity contribution is -0.120. The Morgan fingerprint density at radius 1 is 1.23 bits per heavy atom. The van der Waals surface area contributed by atoms with E-state index in [9.17, 15) is 9.18 Å². The molecule has 1 heterocycles. The Kier molecular flexibility index (Phi) is 6.75. The largest absolute Gasteiger partial charge is 0.326 e. The summed E-state index contributed by atoms with van der Waals surface area (Å²) in [6.07, 6.45) is 0. The van der Waals surface area contributed by atoms with Gasteiger partial charge < -0.3 is 11.1 Å². The van der Waals surface area contributed by atoms with E-state index in [0.29, 0.717) is 6.54 Å². The molecule has 1 fully saturated rings. The van der Waals surface area contributed by atoms with Gasteiger partial charge in [0, 0.05) is 25.0 Å². The highest BCUT2D eigenvalue weighted by Gasteiger charge is 2.35. The van der Waals surface area contributed by atoms with Gasteiger partial charge in [-0.05, 0) is 37.1 Å². The Balaban J connectivity index is 0.00000243. The number of aryl methyl sites for hydroxylation is 1. The third kappa shape index (κ3) is 4.41. The molecule has 1 unspecified atom stereocenters. The number of benzene rings is 2. The van der Waals surface area contributed by atoms with Crippen LogP contribution in [-0.2, 0) is 4.79 Å². The Hall–Kier alpha value is -1.95. The molecule has 0 aliphatic carbocycles. The number of nitrogens with two attached hydrogens (primary N) is 1. The molecule has 1 aliphatic heterocycles. The average Bonchev–Trinajstić information content (AvgIpc) is 2.99. The second-order valence-corrected chi connectivity index (χ2v) is 6.78. The fraction of sp³-hybridized carbons (Fsp3) is 0.350. The maximum absolute atomic E-state index is 13.9. The Bertz CT molecular complexity index is 756. The number of anilines is 1. The molecule has 4 nitrogen and oxygen atoms in total. The number of nitrogens with one attached hydrogen (secondary N) is 1. The lowest BCUT2D eigenvalue weighted by Crippen LogP contribution is -2.41. The van der Waals surface area contributed by atoms with Crippen molar-refractivity contribution in [2.24, 2.45) is 5.73 Å².